The van der Waals surface area contributed by atoms with Crippen LogP contribution in [0.4, 0.5) is 5.69 Å². The Morgan fingerprint density at radius 1 is 1.59 bits per heavy atom. The van der Waals surface area contributed by atoms with E-state index in [0.29, 0.717) is 0 Å². The van der Waals surface area contributed by atoms with E-state index in [0.717, 1.165) is 9.99 Å². The van der Waals surface area contributed by atoms with Crippen LogP contribution in [-0.2, 0) is 0 Å². The van der Waals surface area contributed by atoms with Gasteiger partial charge in [-0.25, -0.2) is 0 Å². The Labute approximate surface area is 113 Å². The first-order valence-corrected chi connectivity index (χ1v) is 6.28. The molecule has 1 amide bonds. The maximum Gasteiger partial charge on any atom is 0.283 e. The third kappa shape index (κ3) is 3.65. The molecule has 0 heterocycles. The zero-order valence-electron chi connectivity index (χ0n) is 9.57. The Bertz CT molecular complexity index is 448. The number of hydrogen-bond acceptors (Lipinski definition) is 3. The molecule has 17 heavy (non-hydrogen) atoms. The van der Waals surface area contributed by atoms with Crippen LogP contribution in [0.2, 0.25) is 0 Å². The van der Waals surface area contributed by atoms with Crippen molar-refractivity contribution in [1.29, 1.82) is 0 Å². The van der Waals surface area contributed by atoms with E-state index in [2.05, 4.69) is 5.32 Å². The fourth-order valence-corrected chi connectivity index (χ4v) is 1.73. The Morgan fingerprint density at radius 3 is 2.76 bits per heavy atom. The van der Waals surface area contributed by atoms with Gasteiger partial charge in [-0.1, -0.05) is 6.92 Å². The minimum atomic E-state index is -0.534. The van der Waals surface area contributed by atoms with Crippen molar-refractivity contribution in [3.8, 4) is 0 Å². The number of halogens is 1. The molecule has 0 aliphatic carbocycles. The Balaban J connectivity index is 3.04. The summed E-state index contributed by atoms with van der Waals surface area (Å²) in [4.78, 5) is 22.2. The molecule has 0 fully saturated rings. The predicted molar refractivity (Wildman–Crippen MR) is 73.0 cm³/mol. The van der Waals surface area contributed by atoms with Crippen LogP contribution in [0.3, 0.4) is 0 Å². The SMILES string of the molecule is CCC(C)NC(=O)c1ccc(I)cc1[N+](=O)[O-]. The fourth-order valence-electron chi connectivity index (χ4n) is 1.25. The molecule has 0 aliphatic heterocycles. The first kappa shape index (κ1) is 13.9. The molecule has 1 N–H and O–H groups in total. The molecule has 1 rings (SSSR count). The average Bonchev–Trinajstić information content (AvgIpc) is 2.28. The number of hydrogen-bond donors (Lipinski definition) is 1. The fraction of sp³-hybridized carbons (Fsp3) is 0.364. The minimum Gasteiger partial charge on any atom is -0.349 e. The summed E-state index contributed by atoms with van der Waals surface area (Å²) < 4.78 is 0.731. The first-order chi connectivity index (χ1) is 7.95. The van der Waals surface area contributed by atoms with Crippen molar-refractivity contribution >= 4 is 34.2 Å². The molecule has 0 bridgehead atoms. The number of rotatable bonds is 4. The molecule has 1 aromatic carbocycles. The summed E-state index contributed by atoms with van der Waals surface area (Å²) in [5.74, 6) is -0.401. The van der Waals surface area contributed by atoms with E-state index in [1.807, 2.05) is 36.4 Å². The number of carbonyl (C=O) groups is 1. The summed E-state index contributed by atoms with van der Waals surface area (Å²) in [7, 11) is 0. The third-order valence-corrected chi connectivity index (χ3v) is 3.06. The van der Waals surface area contributed by atoms with Crippen LogP contribution in [0.15, 0.2) is 18.2 Å². The van der Waals surface area contributed by atoms with Gasteiger partial charge in [0.25, 0.3) is 11.6 Å². The third-order valence-electron chi connectivity index (χ3n) is 2.39. The summed E-state index contributed by atoms with van der Waals surface area (Å²) in [5, 5.41) is 13.6. The number of nitrogens with zero attached hydrogens (tertiary/aromatic N) is 1. The number of carbonyl (C=O) groups excluding carboxylic acids is 1. The van der Waals surface area contributed by atoms with Crippen LogP contribution >= 0.6 is 22.6 Å². The van der Waals surface area contributed by atoms with Crippen LogP contribution < -0.4 is 5.32 Å². The zero-order valence-corrected chi connectivity index (χ0v) is 11.7. The molecule has 0 spiro atoms. The van der Waals surface area contributed by atoms with Crippen molar-refractivity contribution in [2.24, 2.45) is 0 Å². The number of nitrogens with one attached hydrogen (secondary N) is 1. The highest BCUT2D eigenvalue weighted by atomic mass is 127. The van der Waals surface area contributed by atoms with E-state index >= 15 is 0 Å². The van der Waals surface area contributed by atoms with Crippen molar-refractivity contribution in [2.45, 2.75) is 26.3 Å². The van der Waals surface area contributed by atoms with Crippen molar-refractivity contribution in [3.05, 3.63) is 37.4 Å². The number of amides is 1. The normalized spacial score (nSPS) is 11.9. The van der Waals surface area contributed by atoms with Crippen LogP contribution in [0.1, 0.15) is 30.6 Å². The maximum absolute atomic E-state index is 11.8. The standard InChI is InChI=1S/C11H13IN2O3/c1-3-7(2)13-11(15)9-5-4-8(12)6-10(9)14(16)17/h4-7H,3H2,1-2H3,(H,13,15). The van der Waals surface area contributed by atoms with E-state index in [-0.39, 0.29) is 17.3 Å². The van der Waals surface area contributed by atoms with Gasteiger partial charge in [0.1, 0.15) is 5.56 Å². The van der Waals surface area contributed by atoms with Crippen molar-refractivity contribution < 1.29 is 9.72 Å². The van der Waals surface area contributed by atoms with E-state index in [9.17, 15) is 14.9 Å². The molecular formula is C11H13IN2O3. The largest absolute Gasteiger partial charge is 0.349 e. The van der Waals surface area contributed by atoms with E-state index in [1.165, 1.54) is 12.1 Å². The minimum absolute atomic E-state index is 0.00128. The Kier molecular flexibility index (Phi) is 4.86. The van der Waals surface area contributed by atoms with Crippen LogP contribution in [0.5, 0.6) is 0 Å². The lowest BCUT2D eigenvalue weighted by Gasteiger charge is -2.11. The van der Waals surface area contributed by atoms with E-state index in [1.54, 1.807) is 6.07 Å². The monoisotopic (exact) mass is 348 g/mol. The summed E-state index contributed by atoms with van der Waals surface area (Å²) >= 11 is 1.98. The second-order valence-electron chi connectivity index (χ2n) is 3.70. The molecule has 0 saturated carbocycles. The molecular weight excluding hydrogens is 335 g/mol. The van der Waals surface area contributed by atoms with Gasteiger partial charge in [0, 0.05) is 15.7 Å². The van der Waals surface area contributed by atoms with E-state index in [4.69, 9.17) is 0 Å². The highest BCUT2D eigenvalue weighted by Gasteiger charge is 2.20. The number of nitro benzene ring substituents is 1. The van der Waals surface area contributed by atoms with Gasteiger partial charge in [0.05, 0.1) is 4.92 Å². The molecule has 0 radical (unpaired) electrons. The van der Waals surface area contributed by atoms with Crippen LogP contribution in [-0.4, -0.2) is 16.9 Å². The predicted octanol–water partition coefficient (Wildman–Crippen LogP) is 2.73. The highest BCUT2D eigenvalue weighted by molar-refractivity contribution is 14.1. The molecule has 92 valence electrons. The quantitative estimate of drug-likeness (QED) is 0.517. The summed E-state index contributed by atoms with van der Waals surface area (Å²) in [5.41, 5.74) is -0.0478. The van der Waals surface area contributed by atoms with Crippen molar-refractivity contribution in [1.82, 2.24) is 5.32 Å². The topological polar surface area (TPSA) is 72.2 Å². The molecule has 0 aromatic heterocycles. The zero-order chi connectivity index (χ0) is 13.0. The summed E-state index contributed by atoms with van der Waals surface area (Å²) in [6, 6.07) is 4.56. The number of nitro groups is 1. The van der Waals surface area contributed by atoms with Crippen LogP contribution in [0, 0.1) is 13.7 Å². The molecule has 1 atom stereocenters. The van der Waals surface area contributed by atoms with Gasteiger partial charge in [0.2, 0.25) is 0 Å². The van der Waals surface area contributed by atoms with Gasteiger partial charge in [-0.3, -0.25) is 14.9 Å². The number of benzene rings is 1. The summed E-state index contributed by atoms with van der Waals surface area (Å²) in [6.07, 6.45) is 0.782. The molecule has 1 aromatic rings. The van der Waals surface area contributed by atoms with Crippen molar-refractivity contribution in [2.75, 3.05) is 0 Å². The second kappa shape index (κ2) is 5.95. The molecule has 0 saturated heterocycles. The van der Waals surface area contributed by atoms with Gasteiger partial charge >= 0.3 is 0 Å². The van der Waals surface area contributed by atoms with E-state index < -0.39 is 10.8 Å². The molecule has 5 nitrogen and oxygen atoms in total. The van der Waals surface area contributed by atoms with Gasteiger partial charge in [-0.15, -0.1) is 0 Å². The van der Waals surface area contributed by atoms with Gasteiger partial charge in [0.15, 0.2) is 0 Å². The second-order valence-corrected chi connectivity index (χ2v) is 4.95. The maximum atomic E-state index is 11.8. The smallest absolute Gasteiger partial charge is 0.283 e. The average molecular weight is 348 g/mol. The Hall–Kier alpha value is -1.18. The first-order valence-electron chi connectivity index (χ1n) is 5.20. The van der Waals surface area contributed by atoms with Gasteiger partial charge in [-0.2, -0.15) is 0 Å². The molecule has 1 unspecified atom stereocenters. The summed E-state index contributed by atoms with van der Waals surface area (Å²) in [6.45, 7) is 3.80. The lowest BCUT2D eigenvalue weighted by Crippen LogP contribution is -2.32. The highest BCUT2D eigenvalue weighted by Crippen LogP contribution is 2.21. The lowest BCUT2D eigenvalue weighted by atomic mass is 10.1. The van der Waals surface area contributed by atoms with Crippen LogP contribution in [0.25, 0.3) is 0 Å². The lowest BCUT2D eigenvalue weighted by molar-refractivity contribution is -0.385. The molecule has 6 heteroatoms. The van der Waals surface area contributed by atoms with Gasteiger partial charge < -0.3 is 5.32 Å². The molecule has 0 aliphatic rings. The Morgan fingerprint density at radius 2 is 2.24 bits per heavy atom. The van der Waals surface area contributed by atoms with Gasteiger partial charge in [-0.05, 0) is 48.1 Å². The van der Waals surface area contributed by atoms with Crippen molar-refractivity contribution in [3.63, 3.8) is 0 Å².